The van der Waals surface area contributed by atoms with Crippen LogP contribution >= 0.6 is 0 Å². The van der Waals surface area contributed by atoms with Crippen LogP contribution in [0.2, 0.25) is 0 Å². The van der Waals surface area contributed by atoms with Gasteiger partial charge < -0.3 is 4.90 Å². The summed E-state index contributed by atoms with van der Waals surface area (Å²) in [6, 6.07) is 8.52. The zero-order chi connectivity index (χ0) is 17.1. The normalized spacial score (nSPS) is 16.9. The zero-order valence-corrected chi connectivity index (χ0v) is 12.9. The molecule has 1 atom stereocenters. The third-order valence-corrected chi connectivity index (χ3v) is 4.14. The van der Waals surface area contributed by atoms with Gasteiger partial charge in [0.1, 0.15) is 23.4 Å². The van der Waals surface area contributed by atoms with E-state index in [1.165, 1.54) is 24.4 Å². The first-order valence-corrected chi connectivity index (χ1v) is 7.65. The maximum Gasteiger partial charge on any atom is 0.255 e. The number of pyridine rings is 1. The van der Waals surface area contributed by atoms with E-state index in [4.69, 9.17) is 5.26 Å². The molecule has 6 heteroatoms. The maximum absolute atomic E-state index is 13.3. The number of aromatic nitrogens is 1. The summed E-state index contributed by atoms with van der Waals surface area (Å²) in [5.41, 5.74) is 1.30. The van der Waals surface area contributed by atoms with Crippen molar-refractivity contribution in [2.75, 3.05) is 13.1 Å². The molecular weight excluding hydrogens is 312 g/mol. The van der Waals surface area contributed by atoms with E-state index < -0.39 is 11.6 Å². The van der Waals surface area contributed by atoms with Crippen molar-refractivity contribution >= 4 is 5.91 Å². The van der Waals surface area contributed by atoms with E-state index in [2.05, 4.69) is 4.98 Å². The fourth-order valence-electron chi connectivity index (χ4n) is 3.01. The van der Waals surface area contributed by atoms with Crippen LogP contribution in [-0.2, 0) is 6.42 Å². The predicted octanol–water partition coefficient (Wildman–Crippen LogP) is 2.94. The molecule has 1 aromatic heterocycles. The van der Waals surface area contributed by atoms with Gasteiger partial charge in [0.2, 0.25) is 0 Å². The molecule has 1 saturated heterocycles. The van der Waals surface area contributed by atoms with Gasteiger partial charge in [-0.3, -0.25) is 4.79 Å². The van der Waals surface area contributed by atoms with Gasteiger partial charge in [0.05, 0.1) is 5.56 Å². The topological polar surface area (TPSA) is 57.0 Å². The van der Waals surface area contributed by atoms with Gasteiger partial charge in [-0.1, -0.05) is 0 Å². The molecule has 1 aromatic carbocycles. The molecule has 0 N–H and O–H groups in total. The molecule has 1 fully saturated rings. The SMILES string of the molecule is N#Cc1ccc(C(=O)N2CCC(Cc3cc(F)cc(F)c3)C2)cn1. The average Bonchev–Trinajstić information content (AvgIpc) is 3.01. The van der Waals surface area contributed by atoms with Gasteiger partial charge in [0, 0.05) is 25.4 Å². The molecule has 1 aliphatic rings. The lowest BCUT2D eigenvalue weighted by Crippen LogP contribution is -2.29. The first-order valence-electron chi connectivity index (χ1n) is 7.65. The molecule has 24 heavy (non-hydrogen) atoms. The lowest BCUT2D eigenvalue weighted by atomic mass is 9.98. The largest absolute Gasteiger partial charge is 0.338 e. The Morgan fingerprint density at radius 3 is 2.67 bits per heavy atom. The van der Waals surface area contributed by atoms with Crippen molar-refractivity contribution in [3.05, 3.63) is 65.0 Å². The summed E-state index contributed by atoms with van der Waals surface area (Å²) in [5.74, 6) is -1.14. The predicted molar refractivity (Wildman–Crippen MR) is 83.0 cm³/mol. The monoisotopic (exact) mass is 327 g/mol. The number of likely N-dealkylation sites (tertiary alicyclic amines) is 1. The first kappa shape index (κ1) is 16.1. The van der Waals surface area contributed by atoms with E-state index in [0.29, 0.717) is 30.6 Å². The molecule has 0 bridgehead atoms. The Kier molecular flexibility index (Phi) is 4.52. The number of hydrogen-bond acceptors (Lipinski definition) is 3. The molecule has 2 aromatic rings. The van der Waals surface area contributed by atoms with Crippen LogP contribution in [0.5, 0.6) is 0 Å². The van der Waals surface area contributed by atoms with Gasteiger partial charge in [0.25, 0.3) is 5.91 Å². The Hall–Kier alpha value is -2.81. The number of nitrogens with zero attached hydrogens (tertiary/aromatic N) is 3. The zero-order valence-electron chi connectivity index (χ0n) is 12.9. The van der Waals surface area contributed by atoms with E-state index in [1.807, 2.05) is 6.07 Å². The number of carbonyl (C=O) groups excluding carboxylic acids is 1. The minimum Gasteiger partial charge on any atom is -0.338 e. The van der Waals surface area contributed by atoms with Crippen molar-refractivity contribution in [2.24, 2.45) is 5.92 Å². The summed E-state index contributed by atoms with van der Waals surface area (Å²) < 4.78 is 26.5. The van der Waals surface area contributed by atoms with Gasteiger partial charge in [0.15, 0.2) is 0 Å². The van der Waals surface area contributed by atoms with Gasteiger partial charge in [-0.25, -0.2) is 13.8 Å². The summed E-state index contributed by atoms with van der Waals surface area (Å²) in [6.07, 6.45) is 2.72. The number of rotatable bonds is 3. The smallest absolute Gasteiger partial charge is 0.255 e. The fourth-order valence-corrected chi connectivity index (χ4v) is 3.01. The van der Waals surface area contributed by atoms with E-state index in [-0.39, 0.29) is 17.5 Å². The number of hydrogen-bond donors (Lipinski definition) is 0. The van der Waals surface area contributed by atoms with Gasteiger partial charge in [-0.15, -0.1) is 0 Å². The molecular formula is C18H15F2N3O. The highest BCUT2D eigenvalue weighted by Crippen LogP contribution is 2.23. The molecule has 0 spiro atoms. The molecule has 2 heterocycles. The molecule has 0 radical (unpaired) electrons. The third kappa shape index (κ3) is 3.57. The van der Waals surface area contributed by atoms with Gasteiger partial charge in [-0.05, 0) is 48.6 Å². The molecule has 1 aliphatic heterocycles. The summed E-state index contributed by atoms with van der Waals surface area (Å²) in [6.45, 7) is 1.14. The summed E-state index contributed by atoms with van der Waals surface area (Å²) >= 11 is 0. The van der Waals surface area contributed by atoms with Crippen molar-refractivity contribution in [1.82, 2.24) is 9.88 Å². The Morgan fingerprint density at radius 2 is 2.04 bits per heavy atom. The number of nitriles is 1. The lowest BCUT2D eigenvalue weighted by molar-refractivity contribution is 0.0786. The van der Waals surface area contributed by atoms with E-state index >= 15 is 0 Å². The second-order valence-electron chi connectivity index (χ2n) is 5.93. The van der Waals surface area contributed by atoms with Crippen LogP contribution in [-0.4, -0.2) is 28.9 Å². The van der Waals surface area contributed by atoms with E-state index in [1.54, 1.807) is 11.0 Å². The molecule has 0 saturated carbocycles. The van der Waals surface area contributed by atoms with Crippen LogP contribution in [0, 0.1) is 28.9 Å². The van der Waals surface area contributed by atoms with Crippen LogP contribution in [0.1, 0.15) is 28.0 Å². The number of benzene rings is 1. The van der Waals surface area contributed by atoms with Crippen molar-refractivity contribution in [2.45, 2.75) is 12.8 Å². The standard InChI is InChI=1S/C18H15F2N3O/c19-15-6-13(7-16(20)8-15)5-12-3-4-23(11-12)18(24)14-1-2-17(9-21)22-10-14/h1-2,6-8,10,12H,3-5,11H2. The van der Waals surface area contributed by atoms with Crippen LogP contribution in [0.3, 0.4) is 0 Å². The van der Waals surface area contributed by atoms with Crippen molar-refractivity contribution < 1.29 is 13.6 Å². The second kappa shape index (κ2) is 6.75. The van der Waals surface area contributed by atoms with Gasteiger partial charge in [-0.2, -0.15) is 5.26 Å². The second-order valence-corrected chi connectivity index (χ2v) is 5.93. The highest BCUT2D eigenvalue weighted by atomic mass is 19.1. The summed E-state index contributed by atoms with van der Waals surface area (Å²) in [5, 5.41) is 8.73. The molecule has 1 unspecified atom stereocenters. The highest BCUT2D eigenvalue weighted by Gasteiger charge is 2.27. The van der Waals surface area contributed by atoms with Crippen LogP contribution in [0.25, 0.3) is 0 Å². The van der Waals surface area contributed by atoms with E-state index in [9.17, 15) is 13.6 Å². The number of halogens is 2. The van der Waals surface area contributed by atoms with Crippen molar-refractivity contribution in [1.29, 1.82) is 5.26 Å². The summed E-state index contributed by atoms with van der Waals surface area (Å²) in [4.78, 5) is 18.1. The number of amides is 1. The Morgan fingerprint density at radius 1 is 1.29 bits per heavy atom. The molecule has 4 nitrogen and oxygen atoms in total. The highest BCUT2D eigenvalue weighted by molar-refractivity contribution is 5.94. The fraction of sp³-hybridized carbons (Fsp3) is 0.278. The maximum atomic E-state index is 13.3. The van der Waals surface area contributed by atoms with Crippen LogP contribution in [0.15, 0.2) is 36.5 Å². The Bertz CT molecular complexity index is 779. The van der Waals surface area contributed by atoms with Crippen LogP contribution in [0.4, 0.5) is 8.78 Å². The minimum absolute atomic E-state index is 0.139. The quantitative estimate of drug-likeness (QED) is 0.871. The molecule has 0 aliphatic carbocycles. The minimum atomic E-state index is -0.584. The molecule has 3 rings (SSSR count). The lowest BCUT2D eigenvalue weighted by Gasteiger charge is -2.16. The molecule has 122 valence electrons. The molecule has 1 amide bonds. The van der Waals surface area contributed by atoms with Crippen molar-refractivity contribution in [3.63, 3.8) is 0 Å². The van der Waals surface area contributed by atoms with E-state index in [0.717, 1.165) is 12.5 Å². The van der Waals surface area contributed by atoms with Gasteiger partial charge >= 0.3 is 0 Å². The van der Waals surface area contributed by atoms with Crippen molar-refractivity contribution in [3.8, 4) is 6.07 Å². The Labute approximate surface area is 138 Å². The van der Waals surface area contributed by atoms with Crippen LogP contribution < -0.4 is 0 Å². The third-order valence-electron chi connectivity index (χ3n) is 4.14. The first-order chi connectivity index (χ1) is 11.5. The summed E-state index contributed by atoms with van der Waals surface area (Å²) in [7, 11) is 0. The number of carbonyl (C=O) groups is 1. The average molecular weight is 327 g/mol. The Balaban J connectivity index is 1.64.